The number of rotatable bonds is 4. The number of nitrogens with zero attached hydrogens (tertiary/aromatic N) is 1. The average Bonchev–Trinajstić information content (AvgIpc) is 3.16. The lowest BCUT2D eigenvalue weighted by Gasteiger charge is -2.34. The molecule has 116 valence electrons. The van der Waals surface area contributed by atoms with Crippen LogP contribution in [0.3, 0.4) is 0 Å². The summed E-state index contributed by atoms with van der Waals surface area (Å²) in [7, 11) is 1.74. The number of hydrogen-bond acceptors (Lipinski definition) is 3. The third-order valence-corrected chi connectivity index (χ3v) is 5.27. The van der Waals surface area contributed by atoms with Gasteiger partial charge in [-0.3, -0.25) is 0 Å². The van der Waals surface area contributed by atoms with Gasteiger partial charge in [-0.2, -0.15) is 0 Å². The Morgan fingerprint density at radius 1 is 1.19 bits per heavy atom. The molecule has 1 aliphatic heterocycles. The van der Waals surface area contributed by atoms with Gasteiger partial charge in [-0.1, -0.05) is 18.9 Å². The Morgan fingerprint density at radius 2 is 1.95 bits per heavy atom. The van der Waals surface area contributed by atoms with Gasteiger partial charge in [0.25, 0.3) is 0 Å². The summed E-state index contributed by atoms with van der Waals surface area (Å²) >= 11 is 0. The van der Waals surface area contributed by atoms with E-state index in [0.717, 1.165) is 18.2 Å². The molecule has 0 bridgehead atoms. The highest BCUT2D eigenvalue weighted by molar-refractivity contribution is 5.62. The number of nitrogens with two attached hydrogens (primary N) is 1. The first kappa shape index (κ1) is 14.7. The molecule has 2 atom stereocenters. The van der Waals surface area contributed by atoms with Gasteiger partial charge in [0.15, 0.2) is 0 Å². The molecule has 0 spiro atoms. The van der Waals surface area contributed by atoms with E-state index in [1.54, 1.807) is 7.11 Å². The average molecular weight is 288 g/mol. The lowest BCUT2D eigenvalue weighted by Crippen LogP contribution is -2.35. The molecule has 2 fully saturated rings. The zero-order valence-electron chi connectivity index (χ0n) is 13.3. The Labute approximate surface area is 128 Å². The maximum Gasteiger partial charge on any atom is 0.125 e. The topological polar surface area (TPSA) is 38.5 Å². The van der Waals surface area contributed by atoms with Crippen LogP contribution in [0.1, 0.15) is 57.1 Å². The Bertz CT molecular complexity index is 480. The summed E-state index contributed by atoms with van der Waals surface area (Å²) in [4.78, 5) is 2.62. The number of hydrogen-bond donors (Lipinski definition) is 1. The summed E-state index contributed by atoms with van der Waals surface area (Å²) in [6.45, 7) is 3.22. The van der Waals surface area contributed by atoms with Crippen LogP contribution in [0.4, 0.5) is 5.69 Å². The van der Waals surface area contributed by atoms with Gasteiger partial charge in [0.1, 0.15) is 5.75 Å². The van der Waals surface area contributed by atoms with Gasteiger partial charge in [-0.15, -0.1) is 0 Å². The minimum Gasteiger partial charge on any atom is -0.496 e. The largest absolute Gasteiger partial charge is 0.496 e. The summed E-state index contributed by atoms with van der Waals surface area (Å²) < 4.78 is 5.56. The monoisotopic (exact) mass is 288 g/mol. The fraction of sp³-hybridized carbons (Fsp3) is 0.667. The molecule has 1 heterocycles. The number of anilines is 1. The molecule has 1 saturated carbocycles. The van der Waals surface area contributed by atoms with E-state index in [2.05, 4.69) is 24.0 Å². The van der Waals surface area contributed by atoms with Gasteiger partial charge in [-0.05, 0) is 50.7 Å². The highest BCUT2D eigenvalue weighted by atomic mass is 16.5. The smallest absolute Gasteiger partial charge is 0.125 e. The van der Waals surface area contributed by atoms with Crippen molar-refractivity contribution in [3.8, 4) is 5.75 Å². The van der Waals surface area contributed by atoms with E-state index in [1.165, 1.54) is 49.8 Å². The molecule has 0 radical (unpaired) electrons. The molecular weight excluding hydrogens is 260 g/mol. The molecule has 3 nitrogen and oxygen atoms in total. The molecule has 1 saturated heterocycles. The second kappa shape index (κ2) is 6.27. The molecule has 3 rings (SSSR count). The summed E-state index contributed by atoms with van der Waals surface area (Å²) in [5.74, 6) is 1.80. The van der Waals surface area contributed by atoms with Crippen molar-refractivity contribution in [2.75, 3.05) is 18.6 Å². The molecule has 0 amide bonds. The summed E-state index contributed by atoms with van der Waals surface area (Å²) in [5, 5.41) is 0. The van der Waals surface area contributed by atoms with Gasteiger partial charge in [0, 0.05) is 29.9 Å². The zero-order chi connectivity index (χ0) is 14.8. The number of benzene rings is 1. The molecule has 0 aromatic heterocycles. The Morgan fingerprint density at radius 3 is 2.62 bits per heavy atom. The van der Waals surface area contributed by atoms with Crippen LogP contribution < -0.4 is 15.4 Å². The van der Waals surface area contributed by atoms with Crippen molar-refractivity contribution >= 4 is 5.69 Å². The number of ether oxygens (including phenoxy) is 1. The van der Waals surface area contributed by atoms with E-state index in [0.29, 0.717) is 6.04 Å². The van der Waals surface area contributed by atoms with Crippen LogP contribution in [0.25, 0.3) is 0 Å². The lowest BCUT2D eigenvalue weighted by molar-refractivity contribution is 0.404. The van der Waals surface area contributed by atoms with E-state index in [9.17, 15) is 0 Å². The van der Waals surface area contributed by atoms with E-state index < -0.39 is 0 Å². The summed E-state index contributed by atoms with van der Waals surface area (Å²) in [5.41, 5.74) is 8.73. The molecule has 21 heavy (non-hydrogen) atoms. The molecule has 2 unspecified atom stereocenters. The summed E-state index contributed by atoms with van der Waals surface area (Å²) in [6, 6.07) is 7.07. The molecule has 2 N–H and O–H groups in total. The van der Waals surface area contributed by atoms with Crippen molar-refractivity contribution in [3.05, 3.63) is 23.8 Å². The maximum absolute atomic E-state index is 6.25. The predicted molar refractivity (Wildman–Crippen MR) is 87.9 cm³/mol. The second-order valence-corrected chi connectivity index (χ2v) is 6.63. The zero-order valence-corrected chi connectivity index (χ0v) is 13.3. The highest BCUT2D eigenvalue weighted by Gasteiger charge is 2.34. The van der Waals surface area contributed by atoms with Gasteiger partial charge in [-0.25, -0.2) is 0 Å². The molecule has 1 aromatic rings. The van der Waals surface area contributed by atoms with E-state index >= 15 is 0 Å². The van der Waals surface area contributed by atoms with Crippen LogP contribution in [0, 0.1) is 5.92 Å². The van der Waals surface area contributed by atoms with Crippen molar-refractivity contribution in [1.82, 2.24) is 0 Å². The normalized spacial score (nSPS) is 24.5. The first-order valence-electron chi connectivity index (χ1n) is 8.41. The van der Waals surface area contributed by atoms with E-state index in [1.807, 2.05) is 6.07 Å². The fourth-order valence-corrected chi connectivity index (χ4v) is 4.34. The van der Waals surface area contributed by atoms with Crippen molar-refractivity contribution in [2.45, 2.75) is 57.5 Å². The molecule has 1 aliphatic carbocycles. The van der Waals surface area contributed by atoms with Crippen LogP contribution in [-0.2, 0) is 0 Å². The third kappa shape index (κ3) is 2.76. The SMILES string of the molecule is COc1cccc(N2CCCC2C2CCCC2)c1C(C)N. The quantitative estimate of drug-likeness (QED) is 0.914. The van der Waals surface area contributed by atoms with Crippen molar-refractivity contribution in [1.29, 1.82) is 0 Å². The van der Waals surface area contributed by atoms with Gasteiger partial charge in [0.2, 0.25) is 0 Å². The highest BCUT2D eigenvalue weighted by Crippen LogP contribution is 2.41. The van der Waals surface area contributed by atoms with Crippen LogP contribution in [0.5, 0.6) is 5.75 Å². The molecule has 2 aliphatic rings. The van der Waals surface area contributed by atoms with Crippen molar-refractivity contribution < 1.29 is 4.74 Å². The molecule has 3 heteroatoms. The Hall–Kier alpha value is -1.22. The Balaban J connectivity index is 1.94. The minimum absolute atomic E-state index is 0.000906. The molecular formula is C18H28N2O. The van der Waals surface area contributed by atoms with Crippen LogP contribution >= 0.6 is 0 Å². The fourth-order valence-electron chi connectivity index (χ4n) is 4.34. The first-order valence-corrected chi connectivity index (χ1v) is 8.41. The third-order valence-electron chi connectivity index (χ3n) is 5.27. The van der Waals surface area contributed by atoms with Gasteiger partial charge >= 0.3 is 0 Å². The van der Waals surface area contributed by atoms with Crippen LogP contribution in [0.15, 0.2) is 18.2 Å². The van der Waals surface area contributed by atoms with Crippen LogP contribution in [-0.4, -0.2) is 19.7 Å². The number of methoxy groups -OCH3 is 1. The lowest BCUT2D eigenvalue weighted by atomic mass is 9.94. The Kier molecular flexibility index (Phi) is 4.39. The van der Waals surface area contributed by atoms with Crippen molar-refractivity contribution in [2.24, 2.45) is 11.7 Å². The predicted octanol–water partition coefficient (Wildman–Crippen LogP) is 3.87. The standard InChI is InChI=1S/C18H28N2O/c1-13(19)18-16(9-5-11-17(18)21-2)20-12-6-10-15(20)14-7-3-4-8-14/h5,9,11,13-15H,3-4,6-8,10,12,19H2,1-2H3. The maximum atomic E-state index is 6.25. The van der Waals surface area contributed by atoms with Crippen LogP contribution in [0.2, 0.25) is 0 Å². The second-order valence-electron chi connectivity index (χ2n) is 6.63. The minimum atomic E-state index is 0.000906. The van der Waals surface area contributed by atoms with Crippen molar-refractivity contribution in [3.63, 3.8) is 0 Å². The van der Waals surface area contributed by atoms with Gasteiger partial charge in [0.05, 0.1) is 7.11 Å². The molecule has 1 aromatic carbocycles. The van der Waals surface area contributed by atoms with Gasteiger partial charge < -0.3 is 15.4 Å². The summed E-state index contributed by atoms with van der Waals surface area (Å²) in [6.07, 6.45) is 8.26. The first-order chi connectivity index (χ1) is 10.2. The van der Waals surface area contributed by atoms with E-state index in [-0.39, 0.29) is 6.04 Å². The van der Waals surface area contributed by atoms with E-state index in [4.69, 9.17) is 10.5 Å².